The third-order valence-corrected chi connectivity index (χ3v) is 4.67. The molecule has 1 saturated heterocycles. The van der Waals surface area contributed by atoms with E-state index in [1.165, 1.54) is 35.5 Å². The fraction of sp³-hybridized carbons (Fsp3) is 0.500. The zero-order valence-electron chi connectivity index (χ0n) is 11.3. The number of allylic oxidation sites excluding steroid dienone is 1. The Morgan fingerprint density at radius 1 is 1.28 bits per heavy atom. The Morgan fingerprint density at radius 2 is 1.94 bits per heavy atom. The Bertz CT molecular complexity index is 379. The summed E-state index contributed by atoms with van der Waals surface area (Å²) in [5.74, 6) is 3.31. The molecule has 0 aromatic heterocycles. The first kappa shape index (κ1) is 13.5. The van der Waals surface area contributed by atoms with E-state index in [-0.39, 0.29) is 0 Å². The Labute approximate surface area is 115 Å². The van der Waals surface area contributed by atoms with E-state index in [0.717, 1.165) is 5.92 Å². The lowest BCUT2D eigenvalue weighted by atomic mass is 9.97. The van der Waals surface area contributed by atoms with Gasteiger partial charge in [0.2, 0.25) is 0 Å². The molecule has 0 amide bonds. The van der Waals surface area contributed by atoms with Crippen LogP contribution in [0.5, 0.6) is 0 Å². The third kappa shape index (κ3) is 3.81. The predicted molar refractivity (Wildman–Crippen MR) is 80.7 cm³/mol. The molecule has 0 radical (unpaired) electrons. The van der Waals surface area contributed by atoms with Gasteiger partial charge in [0, 0.05) is 0 Å². The van der Waals surface area contributed by atoms with Crippen LogP contribution >= 0.6 is 11.8 Å². The third-order valence-electron chi connectivity index (χ3n) is 3.62. The summed E-state index contributed by atoms with van der Waals surface area (Å²) >= 11 is 2.07. The van der Waals surface area contributed by atoms with E-state index in [1.54, 1.807) is 0 Å². The average molecular weight is 262 g/mol. The van der Waals surface area contributed by atoms with Gasteiger partial charge < -0.3 is 4.74 Å². The summed E-state index contributed by atoms with van der Waals surface area (Å²) in [5.41, 5.74) is 2.44. The Hall–Kier alpha value is -0.890. The summed E-state index contributed by atoms with van der Waals surface area (Å²) in [7, 11) is 0. The van der Waals surface area contributed by atoms with Crippen LogP contribution < -0.4 is 0 Å². The zero-order chi connectivity index (χ0) is 12.8. The second-order valence-corrected chi connectivity index (χ2v) is 6.18. The summed E-state index contributed by atoms with van der Waals surface area (Å²) in [6, 6.07) is 10.4. The fourth-order valence-electron chi connectivity index (χ4n) is 2.27. The molecule has 1 unspecified atom stereocenters. The van der Waals surface area contributed by atoms with E-state index in [0.29, 0.717) is 6.10 Å². The highest BCUT2D eigenvalue weighted by Crippen LogP contribution is 2.27. The van der Waals surface area contributed by atoms with E-state index < -0.39 is 0 Å². The van der Waals surface area contributed by atoms with E-state index in [1.807, 2.05) is 12.3 Å². The van der Waals surface area contributed by atoms with E-state index >= 15 is 0 Å². The molecule has 1 nitrogen and oxygen atoms in total. The lowest BCUT2D eigenvalue weighted by molar-refractivity contribution is 0.0981. The Balaban J connectivity index is 1.89. The van der Waals surface area contributed by atoms with E-state index in [9.17, 15) is 0 Å². The molecule has 18 heavy (non-hydrogen) atoms. The largest absolute Gasteiger partial charge is 0.498 e. The summed E-state index contributed by atoms with van der Waals surface area (Å²) in [6.45, 7) is 4.31. The van der Waals surface area contributed by atoms with Gasteiger partial charge in [-0.25, -0.2) is 0 Å². The molecule has 0 bridgehead atoms. The van der Waals surface area contributed by atoms with Crippen LogP contribution in [0.2, 0.25) is 0 Å². The highest BCUT2D eigenvalue weighted by molar-refractivity contribution is 7.99. The van der Waals surface area contributed by atoms with Gasteiger partial charge >= 0.3 is 0 Å². The highest BCUT2D eigenvalue weighted by atomic mass is 32.2. The molecule has 0 saturated carbocycles. The SMILES string of the molecule is C/C(=C/OC(C)C1CCSCC1)c1ccccc1. The maximum Gasteiger partial charge on any atom is 0.0979 e. The van der Waals surface area contributed by atoms with Crippen molar-refractivity contribution < 1.29 is 4.74 Å². The topological polar surface area (TPSA) is 9.23 Å². The number of ether oxygens (including phenoxy) is 1. The molecule has 0 aliphatic carbocycles. The quantitative estimate of drug-likeness (QED) is 0.734. The smallest absolute Gasteiger partial charge is 0.0979 e. The van der Waals surface area contributed by atoms with Gasteiger partial charge in [-0.05, 0) is 55.2 Å². The minimum Gasteiger partial charge on any atom is -0.498 e. The van der Waals surface area contributed by atoms with Crippen molar-refractivity contribution in [1.29, 1.82) is 0 Å². The molecule has 2 rings (SSSR count). The standard InChI is InChI=1S/C16H22OS/c1-13(15-6-4-3-5-7-15)12-17-14(2)16-8-10-18-11-9-16/h3-7,12,14,16H,8-11H2,1-2H3/b13-12-. The molecule has 0 spiro atoms. The molecule has 1 aromatic rings. The van der Waals surface area contributed by atoms with Crippen molar-refractivity contribution in [2.75, 3.05) is 11.5 Å². The molecule has 1 aliphatic heterocycles. The summed E-state index contributed by atoms with van der Waals surface area (Å²) in [5, 5.41) is 0. The summed E-state index contributed by atoms with van der Waals surface area (Å²) < 4.78 is 5.93. The van der Waals surface area contributed by atoms with Crippen LogP contribution in [0.4, 0.5) is 0 Å². The summed E-state index contributed by atoms with van der Waals surface area (Å²) in [4.78, 5) is 0. The maximum absolute atomic E-state index is 5.93. The van der Waals surface area contributed by atoms with E-state index in [2.05, 4.69) is 49.9 Å². The summed E-state index contributed by atoms with van der Waals surface area (Å²) in [6.07, 6.45) is 4.86. The second-order valence-electron chi connectivity index (χ2n) is 4.96. The molecule has 1 heterocycles. The zero-order valence-corrected chi connectivity index (χ0v) is 12.1. The van der Waals surface area contributed by atoms with Gasteiger partial charge in [0.15, 0.2) is 0 Å². The minimum absolute atomic E-state index is 0.338. The molecule has 1 aromatic carbocycles. The number of rotatable bonds is 4. The van der Waals surface area contributed by atoms with Crippen LogP contribution in [0.15, 0.2) is 36.6 Å². The number of hydrogen-bond acceptors (Lipinski definition) is 2. The molecule has 0 N–H and O–H groups in total. The lowest BCUT2D eigenvalue weighted by Crippen LogP contribution is -2.23. The van der Waals surface area contributed by atoms with Gasteiger partial charge in [-0.3, -0.25) is 0 Å². The highest BCUT2D eigenvalue weighted by Gasteiger charge is 2.20. The normalized spacial score (nSPS) is 19.6. The molecule has 1 aliphatic rings. The number of thioether (sulfide) groups is 1. The van der Waals surface area contributed by atoms with Crippen LogP contribution in [-0.2, 0) is 4.74 Å². The van der Waals surface area contributed by atoms with Crippen LogP contribution in [0.3, 0.4) is 0 Å². The Morgan fingerprint density at radius 3 is 2.61 bits per heavy atom. The van der Waals surface area contributed by atoms with Crippen LogP contribution in [0, 0.1) is 5.92 Å². The molecular weight excluding hydrogens is 240 g/mol. The first-order chi connectivity index (χ1) is 8.77. The van der Waals surface area contributed by atoms with Gasteiger partial charge in [-0.1, -0.05) is 30.3 Å². The molecule has 2 heteroatoms. The van der Waals surface area contributed by atoms with Crippen LogP contribution in [-0.4, -0.2) is 17.6 Å². The molecule has 1 atom stereocenters. The van der Waals surface area contributed by atoms with Crippen LogP contribution in [0.1, 0.15) is 32.3 Å². The Kier molecular flexibility index (Phi) is 5.18. The van der Waals surface area contributed by atoms with Crippen LogP contribution in [0.25, 0.3) is 5.57 Å². The minimum atomic E-state index is 0.338. The van der Waals surface area contributed by atoms with Gasteiger partial charge in [0.1, 0.15) is 0 Å². The van der Waals surface area contributed by atoms with Crippen molar-refractivity contribution in [2.45, 2.75) is 32.8 Å². The lowest BCUT2D eigenvalue weighted by Gasteiger charge is -2.26. The first-order valence-corrected chi connectivity index (χ1v) is 7.88. The van der Waals surface area contributed by atoms with Gasteiger partial charge in [0.05, 0.1) is 12.4 Å². The number of hydrogen-bond donors (Lipinski definition) is 0. The van der Waals surface area contributed by atoms with Crippen molar-refractivity contribution in [3.05, 3.63) is 42.2 Å². The first-order valence-electron chi connectivity index (χ1n) is 6.73. The predicted octanol–water partition coefficient (Wildman–Crippen LogP) is 4.60. The van der Waals surface area contributed by atoms with Crippen molar-refractivity contribution >= 4 is 17.3 Å². The van der Waals surface area contributed by atoms with Crippen molar-refractivity contribution in [2.24, 2.45) is 5.92 Å². The maximum atomic E-state index is 5.93. The molecular formula is C16H22OS. The molecule has 98 valence electrons. The van der Waals surface area contributed by atoms with Crippen molar-refractivity contribution in [3.63, 3.8) is 0 Å². The van der Waals surface area contributed by atoms with Gasteiger partial charge in [-0.15, -0.1) is 0 Å². The number of benzene rings is 1. The van der Waals surface area contributed by atoms with E-state index in [4.69, 9.17) is 4.74 Å². The second kappa shape index (κ2) is 6.89. The fourth-order valence-corrected chi connectivity index (χ4v) is 3.42. The van der Waals surface area contributed by atoms with Gasteiger partial charge in [0.25, 0.3) is 0 Å². The monoisotopic (exact) mass is 262 g/mol. The van der Waals surface area contributed by atoms with Crippen molar-refractivity contribution in [1.82, 2.24) is 0 Å². The molecule has 1 fully saturated rings. The van der Waals surface area contributed by atoms with Gasteiger partial charge in [-0.2, -0.15) is 11.8 Å². The average Bonchev–Trinajstić information content (AvgIpc) is 2.46. The van der Waals surface area contributed by atoms with Crippen molar-refractivity contribution in [3.8, 4) is 0 Å².